The van der Waals surface area contributed by atoms with Crippen molar-refractivity contribution in [2.24, 2.45) is 15.8 Å². The van der Waals surface area contributed by atoms with Crippen molar-refractivity contribution in [3.8, 4) is 0 Å². The average Bonchev–Trinajstić information content (AvgIpc) is 3.06. The van der Waals surface area contributed by atoms with Crippen LogP contribution in [-0.2, 0) is 9.59 Å². The number of hydrogen-bond donors (Lipinski definition) is 4. The number of nitrogens with zero attached hydrogens (tertiary/aromatic N) is 3. The fourth-order valence-corrected chi connectivity index (χ4v) is 3.12. The van der Waals surface area contributed by atoms with E-state index in [1.165, 1.54) is 23.7 Å². The number of carbonyl (C=O) groups is 2. The standard InChI is InChI=1S/C13H15N7O2S/c1-7(21)15-10-9(23-13-16-12(14)17-18-13)11(22)20(19-10)8-5-3-2-4-6-8/h2-6,9,13,18H,1H3,(H3,14,16,17)(H,15,19,21)/t9-,13-/m1/s1. The number of hydrazone groups is 1. The number of hydrogen-bond acceptors (Lipinski definition) is 8. The van der Waals surface area contributed by atoms with Gasteiger partial charge in [-0.2, -0.15) is 5.01 Å². The molecule has 0 spiro atoms. The molecule has 3 rings (SSSR count). The summed E-state index contributed by atoms with van der Waals surface area (Å²) in [4.78, 5) is 28.2. The highest BCUT2D eigenvalue weighted by atomic mass is 32.2. The SMILES string of the molecule is CC(=O)NC1=NN(c2ccccc2)C(=O)[C@@H]1S[C@@H]1N=C(N)NN1. The van der Waals surface area contributed by atoms with Crippen molar-refractivity contribution in [3.05, 3.63) is 30.3 Å². The first-order valence-corrected chi connectivity index (χ1v) is 7.74. The van der Waals surface area contributed by atoms with Crippen LogP contribution in [0.15, 0.2) is 40.4 Å². The summed E-state index contributed by atoms with van der Waals surface area (Å²) >= 11 is 1.20. The van der Waals surface area contributed by atoms with Gasteiger partial charge in [0, 0.05) is 6.92 Å². The van der Waals surface area contributed by atoms with Crippen molar-refractivity contribution in [3.63, 3.8) is 0 Å². The molecule has 1 aromatic rings. The highest BCUT2D eigenvalue weighted by Gasteiger charge is 2.40. The zero-order valence-corrected chi connectivity index (χ0v) is 13.0. The smallest absolute Gasteiger partial charge is 0.268 e. The maximum atomic E-state index is 12.7. The molecule has 0 fully saturated rings. The molecule has 2 aliphatic rings. The Labute approximate surface area is 136 Å². The number of amidine groups is 1. The Morgan fingerprint density at radius 1 is 1.39 bits per heavy atom. The topological polar surface area (TPSA) is 124 Å². The van der Waals surface area contributed by atoms with E-state index >= 15 is 0 Å². The molecule has 1 aromatic carbocycles. The third-order valence-corrected chi connectivity index (χ3v) is 4.22. The van der Waals surface area contributed by atoms with Crippen LogP contribution in [0, 0.1) is 0 Å². The average molecular weight is 333 g/mol. The summed E-state index contributed by atoms with van der Waals surface area (Å²) < 4.78 is 0. The number of para-hydroxylation sites is 1. The number of rotatable bonds is 3. The lowest BCUT2D eigenvalue weighted by Gasteiger charge is -2.15. The molecule has 0 saturated carbocycles. The monoisotopic (exact) mass is 333 g/mol. The molecule has 0 bridgehead atoms. The maximum Gasteiger partial charge on any atom is 0.268 e. The molecule has 2 heterocycles. The summed E-state index contributed by atoms with van der Waals surface area (Å²) in [6.45, 7) is 1.37. The number of hydrazine groups is 1. The lowest BCUT2D eigenvalue weighted by molar-refractivity contribution is -0.117. The lowest BCUT2D eigenvalue weighted by Crippen LogP contribution is -2.42. The number of amides is 2. The quantitative estimate of drug-likeness (QED) is 0.579. The molecule has 0 aromatic heterocycles. The van der Waals surface area contributed by atoms with Gasteiger partial charge in [0.25, 0.3) is 5.91 Å². The summed E-state index contributed by atoms with van der Waals surface area (Å²) in [6.07, 6.45) is 0. The van der Waals surface area contributed by atoms with Gasteiger partial charge in [0.2, 0.25) is 11.9 Å². The molecule has 0 saturated heterocycles. The Morgan fingerprint density at radius 2 is 2.13 bits per heavy atom. The van der Waals surface area contributed by atoms with Crippen LogP contribution in [0.2, 0.25) is 0 Å². The van der Waals surface area contributed by atoms with E-state index in [0.717, 1.165) is 0 Å². The Bertz CT molecular complexity index is 691. The number of nitrogens with two attached hydrogens (primary N) is 1. The Morgan fingerprint density at radius 3 is 2.74 bits per heavy atom. The van der Waals surface area contributed by atoms with E-state index in [-0.39, 0.29) is 23.6 Å². The second-order valence-electron chi connectivity index (χ2n) is 4.80. The van der Waals surface area contributed by atoms with Crippen molar-refractivity contribution < 1.29 is 9.59 Å². The highest BCUT2D eigenvalue weighted by Crippen LogP contribution is 2.28. The summed E-state index contributed by atoms with van der Waals surface area (Å²) in [5.41, 5.74) is 11.2. The van der Waals surface area contributed by atoms with E-state index in [4.69, 9.17) is 5.73 Å². The van der Waals surface area contributed by atoms with E-state index in [2.05, 4.69) is 26.3 Å². The molecule has 2 atom stereocenters. The predicted octanol–water partition coefficient (Wildman–Crippen LogP) is -0.709. The van der Waals surface area contributed by atoms with E-state index in [9.17, 15) is 9.59 Å². The second-order valence-corrected chi connectivity index (χ2v) is 5.99. The highest BCUT2D eigenvalue weighted by molar-refractivity contribution is 8.02. The van der Waals surface area contributed by atoms with Gasteiger partial charge in [-0.3, -0.25) is 15.0 Å². The van der Waals surface area contributed by atoms with Crippen LogP contribution in [0.3, 0.4) is 0 Å². The normalized spacial score (nSPS) is 23.3. The molecule has 0 radical (unpaired) electrons. The van der Waals surface area contributed by atoms with Gasteiger partial charge in [-0.1, -0.05) is 30.0 Å². The maximum absolute atomic E-state index is 12.7. The number of nitrogens with one attached hydrogen (secondary N) is 3. The molecular formula is C13H15N7O2S. The van der Waals surface area contributed by atoms with Crippen molar-refractivity contribution in [2.45, 2.75) is 17.7 Å². The predicted molar refractivity (Wildman–Crippen MR) is 88.2 cm³/mol. The molecule has 120 valence electrons. The van der Waals surface area contributed by atoms with E-state index < -0.39 is 10.7 Å². The molecule has 2 amide bonds. The van der Waals surface area contributed by atoms with Crippen LogP contribution in [0.1, 0.15) is 6.92 Å². The van der Waals surface area contributed by atoms with Gasteiger partial charge < -0.3 is 11.1 Å². The van der Waals surface area contributed by atoms with Gasteiger partial charge in [0.1, 0.15) is 5.25 Å². The lowest BCUT2D eigenvalue weighted by atomic mass is 10.3. The summed E-state index contributed by atoms with van der Waals surface area (Å²) in [6, 6.07) is 9.01. The van der Waals surface area contributed by atoms with Gasteiger partial charge in [0.05, 0.1) is 5.69 Å². The molecular weight excluding hydrogens is 318 g/mol. The fourth-order valence-electron chi connectivity index (χ4n) is 2.11. The largest absolute Gasteiger partial charge is 0.369 e. The molecule has 23 heavy (non-hydrogen) atoms. The third-order valence-electron chi connectivity index (χ3n) is 3.04. The number of guanidine groups is 1. The van der Waals surface area contributed by atoms with Crippen molar-refractivity contribution in [2.75, 3.05) is 5.01 Å². The van der Waals surface area contributed by atoms with Crippen LogP contribution >= 0.6 is 11.8 Å². The molecule has 9 nitrogen and oxygen atoms in total. The minimum atomic E-state index is -0.687. The minimum absolute atomic E-state index is 0.242. The molecule has 0 aliphatic carbocycles. The molecule has 2 aliphatic heterocycles. The van der Waals surface area contributed by atoms with Gasteiger partial charge in [-0.05, 0) is 12.1 Å². The second kappa shape index (κ2) is 6.26. The number of benzene rings is 1. The summed E-state index contributed by atoms with van der Waals surface area (Å²) in [5.74, 6) is -0.0327. The first-order chi connectivity index (χ1) is 11.0. The van der Waals surface area contributed by atoms with E-state index in [1.54, 1.807) is 12.1 Å². The van der Waals surface area contributed by atoms with E-state index in [0.29, 0.717) is 5.69 Å². The zero-order valence-electron chi connectivity index (χ0n) is 12.2. The number of aliphatic imine (C=N–C) groups is 1. The van der Waals surface area contributed by atoms with Gasteiger partial charge >= 0.3 is 0 Å². The Kier molecular flexibility index (Phi) is 4.17. The van der Waals surface area contributed by atoms with Gasteiger partial charge in [-0.25, -0.2) is 10.4 Å². The number of carbonyl (C=O) groups excluding carboxylic acids is 2. The zero-order chi connectivity index (χ0) is 16.4. The first kappa shape index (κ1) is 15.3. The number of anilines is 1. The Balaban J connectivity index is 1.84. The summed E-state index contributed by atoms with van der Waals surface area (Å²) in [5, 5.41) is 7.44. The van der Waals surface area contributed by atoms with Crippen LogP contribution in [0.25, 0.3) is 0 Å². The fraction of sp³-hybridized carbons (Fsp3) is 0.231. The van der Waals surface area contributed by atoms with Crippen LogP contribution in [0.4, 0.5) is 5.69 Å². The van der Waals surface area contributed by atoms with Crippen LogP contribution in [0.5, 0.6) is 0 Å². The van der Waals surface area contributed by atoms with Crippen molar-refractivity contribution in [1.82, 2.24) is 16.2 Å². The van der Waals surface area contributed by atoms with E-state index in [1.807, 2.05) is 18.2 Å². The number of thioether (sulfide) groups is 1. The molecule has 0 unspecified atom stereocenters. The van der Waals surface area contributed by atoms with Gasteiger partial charge in [0.15, 0.2) is 11.3 Å². The van der Waals surface area contributed by atoms with Crippen LogP contribution < -0.4 is 26.9 Å². The van der Waals surface area contributed by atoms with Crippen molar-refractivity contribution >= 4 is 41.1 Å². The minimum Gasteiger partial charge on any atom is -0.369 e. The molecule has 10 heteroatoms. The first-order valence-electron chi connectivity index (χ1n) is 6.80. The third kappa shape index (κ3) is 3.27. The van der Waals surface area contributed by atoms with Crippen LogP contribution in [-0.4, -0.2) is 34.4 Å². The summed E-state index contributed by atoms with van der Waals surface area (Å²) in [7, 11) is 0. The van der Waals surface area contributed by atoms with Gasteiger partial charge in [-0.15, -0.1) is 5.10 Å². The Hall–Kier alpha value is -2.59. The van der Waals surface area contributed by atoms with Crippen molar-refractivity contribution in [1.29, 1.82) is 0 Å². The molecule has 5 N–H and O–H groups in total.